The summed E-state index contributed by atoms with van der Waals surface area (Å²) >= 11 is 6.16. The summed E-state index contributed by atoms with van der Waals surface area (Å²) in [6.07, 6.45) is 0. The molecule has 0 aliphatic rings. The van der Waals surface area contributed by atoms with Gasteiger partial charge in [0, 0.05) is 22.8 Å². The largest absolute Gasteiger partial charge is 0.495 e. The number of aryl methyl sites for hydroxylation is 3. The van der Waals surface area contributed by atoms with E-state index in [0.29, 0.717) is 33.8 Å². The van der Waals surface area contributed by atoms with Crippen molar-refractivity contribution in [3.05, 3.63) is 70.1 Å². The normalized spacial score (nSPS) is 10.5. The minimum atomic E-state index is -0.307. The fourth-order valence-corrected chi connectivity index (χ4v) is 2.89. The van der Waals surface area contributed by atoms with Gasteiger partial charge in [-0.2, -0.15) is 0 Å². The number of rotatable bonds is 5. The van der Waals surface area contributed by atoms with Gasteiger partial charge in [-0.25, -0.2) is 9.97 Å². The van der Waals surface area contributed by atoms with Crippen molar-refractivity contribution in [2.45, 2.75) is 20.8 Å². The Morgan fingerprint density at radius 2 is 1.86 bits per heavy atom. The molecule has 0 saturated heterocycles. The van der Waals surface area contributed by atoms with Gasteiger partial charge in [0.2, 0.25) is 0 Å². The summed E-state index contributed by atoms with van der Waals surface area (Å²) in [5.74, 6) is 1.24. The van der Waals surface area contributed by atoms with Gasteiger partial charge in [-0.3, -0.25) is 4.79 Å². The quantitative estimate of drug-likeness (QED) is 0.630. The van der Waals surface area contributed by atoms with Crippen molar-refractivity contribution < 1.29 is 9.53 Å². The first-order valence-corrected chi connectivity index (χ1v) is 9.08. The van der Waals surface area contributed by atoms with Gasteiger partial charge in [0.1, 0.15) is 23.1 Å². The van der Waals surface area contributed by atoms with E-state index in [4.69, 9.17) is 16.3 Å². The molecule has 3 rings (SSSR count). The van der Waals surface area contributed by atoms with Crippen molar-refractivity contribution in [1.29, 1.82) is 0 Å². The zero-order valence-corrected chi connectivity index (χ0v) is 16.9. The van der Waals surface area contributed by atoms with Gasteiger partial charge in [0.05, 0.1) is 12.8 Å². The number of anilines is 3. The highest BCUT2D eigenvalue weighted by molar-refractivity contribution is 6.31. The van der Waals surface area contributed by atoms with Crippen LogP contribution in [0.15, 0.2) is 42.5 Å². The number of amides is 1. The lowest BCUT2D eigenvalue weighted by molar-refractivity contribution is 0.102. The maximum absolute atomic E-state index is 12.6. The third-order valence-corrected chi connectivity index (χ3v) is 4.50. The van der Waals surface area contributed by atoms with Crippen molar-refractivity contribution in [3.63, 3.8) is 0 Å². The Bertz CT molecular complexity index is 1040. The van der Waals surface area contributed by atoms with Crippen LogP contribution in [0.25, 0.3) is 0 Å². The standard InChI is InChI=1S/C21H21ClN4O2/c1-12-6-5-7-15(8-12)25-21(27)18-11-20(24-14(3)23-18)26-17-9-13(2)16(22)10-19(17)28-4/h5-11H,1-4H3,(H,25,27)(H,23,24,26). The van der Waals surface area contributed by atoms with Crippen LogP contribution in [0.4, 0.5) is 17.2 Å². The Morgan fingerprint density at radius 1 is 1.07 bits per heavy atom. The molecule has 28 heavy (non-hydrogen) atoms. The molecule has 3 aromatic rings. The van der Waals surface area contributed by atoms with Gasteiger partial charge in [-0.15, -0.1) is 0 Å². The second kappa shape index (κ2) is 8.27. The zero-order valence-electron chi connectivity index (χ0n) is 16.1. The number of methoxy groups -OCH3 is 1. The molecule has 0 atom stereocenters. The van der Waals surface area contributed by atoms with Crippen LogP contribution in [0.1, 0.15) is 27.4 Å². The summed E-state index contributed by atoms with van der Waals surface area (Å²) in [5, 5.41) is 6.65. The second-order valence-electron chi connectivity index (χ2n) is 6.44. The Balaban J connectivity index is 1.88. The fraction of sp³-hybridized carbons (Fsp3) is 0.190. The van der Waals surface area contributed by atoms with Crippen molar-refractivity contribution in [2.75, 3.05) is 17.7 Å². The summed E-state index contributed by atoms with van der Waals surface area (Å²) in [7, 11) is 1.57. The monoisotopic (exact) mass is 396 g/mol. The molecule has 0 spiro atoms. The minimum absolute atomic E-state index is 0.265. The summed E-state index contributed by atoms with van der Waals surface area (Å²) < 4.78 is 5.38. The molecule has 2 N–H and O–H groups in total. The molecule has 1 amide bonds. The number of nitrogens with zero attached hydrogens (tertiary/aromatic N) is 2. The van der Waals surface area contributed by atoms with E-state index in [2.05, 4.69) is 20.6 Å². The lowest BCUT2D eigenvalue weighted by atomic mass is 10.2. The number of aromatic nitrogens is 2. The minimum Gasteiger partial charge on any atom is -0.495 e. The van der Waals surface area contributed by atoms with Gasteiger partial charge in [0.15, 0.2) is 0 Å². The highest BCUT2D eigenvalue weighted by Crippen LogP contribution is 2.32. The molecule has 2 aromatic carbocycles. The van der Waals surface area contributed by atoms with Gasteiger partial charge in [0.25, 0.3) is 5.91 Å². The molecule has 0 radical (unpaired) electrons. The molecule has 0 fully saturated rings. The van der Waals surface area contributed by atoms with Crippen LogP contribution in [0.3, 0.4) is 0 Å². The number of carbonyl (C=O) groups is 1. The molecule has 1 aromatic heterocycles. The van der Waals surface area contributed by atoms with Crippen molar-refractivity contribution >= 4 is 34.7 Å². The third kappa shape index (κ3) is 4.58. The summed E-state index contributed by atoms with van der Waals surface area (Å²) in [6.45, 7) is 5.60. The van der Waals surface area contributed by atoms with E-state index >= 15 is 0 Å². The summed E-state index contributed by atoms with van der Waals surface area (Å²) in [4.78, 5) is 21.3. The van der Waals surface area contributed by atoms with E-state index in [9.17, 15) is 4.79 Å². The smallest absolute Gasteiger partial charge is 0.274 e. The number of benzene rings is 2. The van der Waals surface area contributed by atoms with Crippen LogP contribution < -0.4 is 15.4 Å². The van der Waals surface area contributed by atoms with Crippen LogP contribution in [-0.2, 0) is 0 Å². The first-order chi connectivity index (χ1) is 13.4. The van der Waals surface area contributed by atoms with Crippen LogP contribution in [0.5, 0.6) is 5.75 Å². The summed E-state index contributed by atoms with van der Waals surface area (Å²) in [6, 6.07) is 12.8. The lowest BCUT2D eigenvalue weighted by Crippen LogP contribution is -2.15. The number of halogens is 1. The highest BCUT2D eigenvalue weighted by Gasteiger charge is 2.13. The SMILES string of the molecule is COc1cc(Cl)c(C)cc1Nc1cc(C(=O)Nc2cccc(C)c2)nc(C)n1. The van der Waals surface area contributed by atoms with Crippen molar-refractivity contribution in [1.82, 2.24) is 9.97 Å². The highest BCUT2D eigenvalue weighted by atomic mass is 35.5. The van der Waals surface area contributed by atoms with Gasteiger partial charge >= 0.3 is 0 Å². The van der Waals surface area contributed by atoms with Crippen LogP contribution in [-0.4, -0.2) is 23.0 Å². The zero-order chi connectivity index (χ0) is 20.3. The number of hydrogen-bond donors (Lipinski definition) is 2. The van der Waals surface area contributed by atoms with Crippen molar-refractivity contribution in [3.8, 4) is 5.75 Å². The number of ether oxygens (including phenoxy) is 1. The molecule has 7 heteroatoms. The fourth-order valence-electron chi connectivity index (χ4n) is 2.73. The Kier molecular flexibility index (Phi) is 5.80. The molecule has 0 unspecified atom stereocenters. The number of nitrogens with one attached hydrogen (secondary N) is 2. The maximum atomic E-state index is 12.6. The lowest BCUT2D eigenvalue weighted by Gasteiger charge is -2.14. The maximum Gasteiger partial charge on any atom is 0.274 e. The molecular formula is C21H21ClN4O2. The van der Waals surface area contributed by atoms with Crippen LogP contribution in [0.2, 0.25) is 5.02 Å². The average molecular weight is 397 g/mol. The molecule has 0 saturated carbocycles. The predicted molar refractivity (Wildman–Crippen MR) is 112 cm³/mol. The molecule has 0 bridgehead atoms. The number of carbonyl (C=O) groups excluding carboxylic acids is 1. The predicted octanol–water partition coefficient (Wildman–Crippen LogP) is 5.06. The van der Waals surface area contributed by atoms with Gasteiger partial charge in [-0.05, 0) is 50.1 Å². The van der Waals surface area contributed by atoms with E-state index < -0.39 is 0 Å². The van der Waals surface area contributed by atoms with E-state index in [-0.39, 0.29) is 11.6 Å². The topological polar surface area (TPSA) is 76.1 Å². The number of hydrogen-bond acceptors (Lipinski definition) is 5. The summed E-state index contributed by atoms with van der Waals surface area (Å²) in [5.41, 5.74) is 3.64. The van der Waals surface area contributed by atoms with E-state index in [1.54, 1.807) is 26.2 Å². The van der Waals surface area contributed by atoms with E-state index in [1.165, 1.54) is 0 Å². The molecule has 0 aliphatic heterocycles. The average Bonchev–Trinajstić information content (AvgIpc) is 2.64. The Labute approximate surface area is 168 Å². The van der Waals surface area contributed by atoms with Crippen molar-refractivity contribution in [2.24, 2.45) is 0 Å². The third-order valence-electron chi connectivity index (χ3n) is 4.09. The molecule has 1 heterocycles. The molecule has 0 aliphatic carbocycles. The molecule has 144 valence electrons. The van der Waals surface area contributed by atoms with Crippen LogP contribution >= 0.6 is 11.6 Å². The second-order valence-corrected chi connectivity index (χ2v) is 6.84. The molecule has 6 nitrogen and oxygen atoms in total. The van der Waals surface area contributed by atoms with E-state index in [0.717, 1.165) is 11.1 Å². The molecular weight excluding hydrogens is 376 g/mol. The van der Waals surface area contributed by atoms with E-state index in [1.807, 2.05) is 44.2 Å². The van der Waals surface area contributed by atoms with Gasteiger partial charge < -0.3 is 15.4 Å². The Hall–Kier alpha value is -3.12. The van der Waals surface area contributed by atoms with Gasteiger partial charge in [-0.1, -0.05) is 23.7 Å². The first-order valence-electron chi connectivity index (χ1n) is 8.70. The first kappa shape index (κ1) is 19.6. The Morgan fingerprint density at radius 3 is 2.57 bits per heavy atom. The van der Waals surface area contributed by atoms with Crippen LogP contribution in [0, 0.1) is 20.8 Å².